The molecule has 5 rings (SSSR count). The van der Waals surface area contributed by atoms with Crippen molar-refractivity contribution in [3.63, 3.8) is 0 Å². The second-order valence-corrected chi connectivity index (χ2v) is 9.75. The number of allylic oxidation sites excluding steroid dienone is 5. The fraction of sp³-hybridized carbons (Fsp3) is 0.579. The highest BCUT2D eigenvalue weighted by Gasteiger charge is 2.51. The predicted molar refractivity (Wildman–Crippen MR) is 105 cm³/mol. The van der Waals surface area contributed by atoms with Gasteiger partial charge >= 0.3 is 0 Å². The largest absolute Gasteiger partial charge is 0.334 e. The van der Waals surface area contributed by atoms with Gasteiger partial charge in [0.15, 0.2) is 6.29 Å². The van der Waals surface area contributed by atoms with E-state index in [9.17, 15) is 0 Å². The normalized spacial score (nSPS) is 40.6. The molecule has 3 nitrogen and oxygen atoms in total. The Morgan fingerprint density at radius 3 is 2.92 bits per heavy atom. The van der Waals surface area contributed by atoms with Crippen molar-refractivity contribution in [3.05, 3.63) is 46.3 Å². The molecule has 2 aliphatic heterocycles. The number of nitrogens with one attached hydrogen (secondary N) is 1. The van der Waals surface area contributed by atoms with Gasteiger partial charge in [0.25, 0.3) is 0 Å². The predicted octanol–water partition coefficient (Wildman–Crippen LogP) is 4.34. The molecule has 1 N–H and O–H groups in total. The molecule has 2 heterocycles. The average Bonchev–Trinajstić information content (AvgIpc) is 3.09. The van der Waals surface area contributed by atoms with Gasteiger partial charge in [-0.3, -0.25) is 5.32 Å². The Hall–Kier alpha value is -0.520. The molecule has 24 heavy (non-hydrogen) atoms. The smallest absolute Gasteiger partial charge is 0.159 e. The summed E-state index contributed by atoms with van der Waals surface area (Å²) in [5.74, 6) is 0. The summed E-state index contributed by atoms with van der Waals surface area (Å²) in [6.07, 6.45) is 19.3. The van der Waals surface area contributed by atoms with Crippen molar-refractivity contribution in [3.8, 4) is 0 Å². The molecule has 5 heteroatoms. The number of alkyl halides is 1. The minimum absolute atomic E-state index is 0.315. The molecule has 1 saturated heterocycles. The molecule has 0 aromatic rings. The third kappa shape index (κ3) is 2.38. The Bertz CT molecular complexity index is 666. The summed E-state index contributed by atoms with van der Waals surface area (Å²) in [5, 5.41) is 3.92. The van der Waals surface area contributed by atoms with E-state index in [0.717, 1.165) is 19.3 Å². The number of halogens is 2. The Kier molecular flexibility index (Phi) is 3.95. The van der Waals surface area contributed by atoms with E-state index in [1.54, 1.807) is 5.70 Å². The third-order valence-electron chi connectivity index (χ3n) is 6.00. The maximum atomic E-state index is 3.92. The molecule has 128 valence electrons. The molecule has 0 aromatic carbocycles. The summed E-state index contributed by atoms with van der Waals surface area (Å²) >= 11 is 7.61. The van der Waals surface area contributed by atoms with Gasteiger partial charge in [0.2, 0.25) is 0 Å². The van der Waals surface area contributed by atoms with Crippen molar-refractivity contribution < 1.29 is 0 Å². The van der Waals surface area contributed by atoms with Crippen LogP contribution in [0.15, 0.2) is 46.3 Å². The third-order valence-corrected chi connectivity index (χ3v) is 7.37. The van der Waals surface area contributed by atoms with Crippen LogP contribution in [0, 0.1) is 0 Å². The lowest BCUT2D eigenvalue weighted by molar-refractivity contribution is 0.110. The quantitative estimate of drug-likeness (QED) is 0.471. The van der Waals surface area contributed by atoms with Crippen molar-refractivity contribution in [1.82, 2.24) is 15.1 Å². The minimum atomic E-state index is 0.315. The van der Waals surface area contributed by atoms with Crippen LogP contribution in [-0.2, 0) is 0 Å². The van der Waals surface area contributed by atoms with Crippen LogP contribution < -0.4 is 5.32 Å². The summed E-state index contributed by atoms with van der Waals surface area (Å²) in [4.78, 5) is 5.96. The van der Waals surface area contributed by atoms with E-state index in [-0.39, 0.29) is 0 Å². The monoisotopic (exact) mass is 451 g/mol. The number of hydrogen-bond donors (Lipinski definition) is 1. The summed E-state index contributed by atoms with van der Waals surface area (Å²) < 4.78 is 1.34. The molecule has 0 amide bonds. The Labute approximate surface area is 160 Å². The van der Waals surface area contributed by atoms with Crippen LogP contribution in [-0.4, -0.2) is 39.0 Å². The van der Waals surface area contributed by atoms with E-state index in [2.05, 4.69) is 77.4 Å². The van der Waals surface area contributed by atoms with Crippen LogP contribution in [0.5, 0.6) is 0 Å². The lowest BCUT2D eigenvalue weighted by Gasteiger charge is -2.38. The topological polar surface area (TPSA) is 18.5 Å². The lowest BCUT2D eigenvalue weighted by atomic mass is 9.96. The first kappa shape index (κ1) is 15.7. The van der Waals surface area contributed by atoms with E-state index >= 15 is 0 Å². The van der Waals surface area contributed by atoms with Crippen molar-refractivity contribution in [2.75, 3.05) is 0 Å². The second-order valence-electron chi connectivity index (χ2n) is 7.44. The van der Waals surface area contributed by atoms with Crippen LogP contribution in [0.4, 0.5) is 0 Å². The standard InChI is InChI=1S/C19H23Br2N3/c20-12-4-3-5-14(10-12)23-17-9-8-13(21)11-18(17)24-16-7-2-1-6-15(16)22-19(23)24/h1,3,5-6,11-12,14-16,19,22H,2,4,7-10H2. The number of nitrogens with zero attached hydrogens (tertiary/aromatic N) is 2. The van der Waals surface area contributed by atoms with Gasteiger partial charge in [-0.2, -0.15) is 0 Å². The molecule has 0 saturated carbocycles. The van der Waals surface area contributed by atoms with Gasteiger partial charge < -0.3 is 9.80 Å². The molecule has 5 unspecified atom stereocenters. The highest BCUT2D eigenvalue weighted by molar-refractivity contribution is 9.11. The molecule has 1 fully saturated rings. The van der Waals surface area contributed by atoms with Gasteiger partial charge in [0.1, 0.15) is 0 Å². The Balaban J connectivity index is 1.56. The SMILES string of the molecule is BrC1=CC2=C(CC1)N(C1C=CCC(Br)C1)C1NC3C=CCCC3N21. The summed E-state index contributed by atoms with van der Waals surface area (Å²) in [5.41, 5.74) is 3.00. The first-order valence-electron chi connectivity index (χ1n) is 9.12. The van der Waals surface area contributed by atoms with E-state index in [4.69, 9.17) is 0 Å². The number of fused-ring (bicyclic) bond motifs is 4. The summed E-state index contributed by atoms with van der Waals surface area (Å²) in [6, 6.07) is 1.57. The Morgan fingerprint density at radius 1 is 1.12 bits per heavy atom. The van der Waals surface area contributed by atoms with Crippen LogP contribution in [0.25, 0.3) is 0 Å². The molecule has 0 radical (unpaired) electrons. The molecule has 0 spiro atoms. The zero-order valence-electron chi connectivity index (χ0n) is 13.7. The van der Waals surface area contributed by atoms with E-state index < -0.39 is 0 Å². The molecular formula is C19H23Br2N3. The van der Waals surface area contributed by atoms with Crippen LogP contribution in [0.1, 0.15) is 38.5 Å². The lowest BCUT2D eigenvalue weighted by Crippen LogP contribution is -2.50. The highest BCUT2D eigenvalue weighted by atomic mass is 79.9. The highest BCUT2D eigenvalue weighted by Crippen LogP contribution is 2.46. The zero-order valence-corrected chi connectivity index (χ0v) is 16.8. The Morgan fingerprint density at radius 2 is 2.04 bits per heavy atom. The molecule has 5 aliphatic rings. The fourth-order valence-electron chi connectivity index (χ4n) is 4.97. The van der Waals surface area contributed by atoms with Crippen molar-refractivity contribution in [1.29, 1.82) is 0 Å². The van der Waals surface area contributed by atoms with Crippen molar-refractivity contribution >= 4 is 31.9 Å². The maximum Gasteiger partial charge on any atom is 0.159 e. The van der Waals surface area contributed by atoms with Crippen LogP contribution >= 0.6 is 31.9 Å². The van der Waals surface area contributed by atoms with E-state index in [1.807, 2.05) is 0 Å². The van der Waals surface area contributed by atoms with Crippen LogP contribution in [0.3, 0.4) is 0 Å². The van der Waals surface area contributed by atoms with Gasteiger partial charge in [-0.25, -0.2) is 0 Å². The molecule has 0 bridgehead atoms. The van der Waals surface area contributed by atoms with Crippen molar-refractivity contribution in [2.45, 2.75) is 67.8 Å². The molecular weight excluding hydrogens is 430 g/mol. The molecule has 3 aliphatic carbocycles. The summed E-state index contributed by atoms with van der Waals surface area (Å²) in [6.45, 7) is 0. The van der Waals surface area contributed by atoms with Gasteiger partial charge in [-0.05, 0) is 49.1 Å². The fourth-order valence-corrected chi connectivity index (χ4v) is 5.98. The average molecular weight is 453 g/mol. The second kappa shape index (κ2) is 6.03. The molecule has 5 atom stereocenters. The van der Waals surface area contributed by atoms with Gasteiger partial charge in [-0.1, -0.05) is 56.2 Å². The van der Waals surface area contributed by atoms with E-state index in [0.29, 0.717) is 29.2 Å². The van der Waals surface area contributed by atoms with Gasteiger partial charge in [0.05, 0.1) is 17.8 Å². The molecule has 0 aromatic heterocycles. The van der Waals surface area contributed by atoms with Gasteiger partial charge in [0, 0.05) is 16.6 Å². The summed E-state index contributed by atoms with van der Waals surface area (Å²) in [7, 11) is 0. The number of rotatable bonds is 1. The number of hydrogen-bond acceptors (Lipinski definition) is 3. The minimum Gasteiger partial charge on any atom is -0.334 e. The first-order valence-corrected chi connectivity index (χ1v) is 10.8. The maximum absolute atomic E-state index is 3.92. The zero-order chi connectivity index (χ0) is 16.3. The van der Waals surface area contributed by atoms with Crippen molar-refractivity contribution in [2.24, 2.45) is 0 Å². The van der Waals surface area contributed by atoms with Gasteiger partial charge in [-0.15, -0.1) is 0 Å². The first-order chi connectivity index (χ1) is 11.7. The van der Waals surface area contributed by atoms with Crippen LogP contribution in [0.2, 0.25) is 0 Å². The van der Waals surface area contributed by atoms with E-state index in [1.165, 1.54) is 29.4 Å².